The lowest BCUT2D eigenvalue weighted by Gasteiger charge is -2.36. The van der Waals surface area contributed by atoms with E-state index < -0.39 is 0 Å². The van der Waals surface area contributed by atoms with E-state index in [4.69, 9.17) is 0 Å². The monoisotopic (exact) mass is 376 g/mol. The number of benzene rings is 1. The van der Waals surface area contributed by atoms with Crippen LogP contribution in [0, 0.1) is 6.92 Å². The van der Waals surface area contributed by atoms with E-state index in [-0.39, 0.29) is 11.6 Å². The quantitative estimate of drug-likeness (QED) is 0.558. The molecule has 0 spiro atoms. The summed E-state index contributed by atoms with van der Waals surface area (Å²) in [6, 6.07) is 11.5. The zero-order valence-electron chi connectivity index (χ0n) is 15.5. The summed E-state index contributed by atoms with van der Waals surface area (Å²) in [6.45, 7) is 4.51. The fourth-order valence-corrected chi connectivity index (χ4v) is 3.98. The molecular weight excluding hydrogens is 356 g/mol. The Morgan fingerprint density at radius 1 is 1.04 bits per heavy atom. The summed E-state index contributed by atoms with van der Waals surface area (Å²) in [5, 5.41) is 0. The third kappa shape index (κ3) is 2.57. The number of hydrogen-bond donors (Lipinski definition) is 2. The summed E-state index contributed by atoms with van der Waals surface area (Å²) < 4.78 is 1.86. The Morgan fingerprint density at radius 3 is 2.68 bits per heavy atom. The molecule has 1 amide bonds. The molecule has 1 aliphatic heterocycles. The first-order valence-electron chi connectivity index (χ1n) is 9.31. The van der Waals surface area contributed by atoms with Crippen molar-refractivity contribution >= 4 is 28.3 Å². The molecule has 4 aromatic rings. The molecule has 1 fully saturated rings. The number of aromatic nitrogens is 4. The van der Waals surface area contributed by atoms with Crippen molar-refractivity contribution < 1.29 is 4.79 Å². The predicted octanol–water partition coefficient (Wildman–Crippen LogP) is 1.77. The minimum Gasteiger partial charge on any atom is -0.366 e. The van der Waals surface area contributed by atoms with Crippen LogP contribution in [0.2, 0.25) is 0 Å². The third-order valence-electron chi connectivity index (χ3n) is 5.34. The maximum Gasteiger partial charge on any atom is 0.323 e. The lowest BCUT2D eigenvalue weighted by atomic mass is 10.2. The average Bonchev–Trinajstić information content (AvgIpc) is 3.25. The highest BCUT2D eigenvalue weighted by atomic mass is 16.2. The molecule has 1 aromatic carbocycles. The third-order valence-corrected chi connectivity index (χ3v) is 5.34. The Balaban J connectivity index is 1.39. The summed E-state index contributed by atoms with van der Waals surface area (Å²) in [5.74, 6) is 0.00381. The predicted molar refractivity (Wildman–Crippen MR) is 107 cm³/mol. The maximum atomic E-state index is 13.1. The molecule has 1 saturated heterocycles. The summed E-state index contributed by atoms with van der Waals surface area (Å²) in [6.07, 6.45) is 1.88. The first kappa shape index (κ1) is 16.6. The fourth-order valence-electron chi connectivity index (χ4n) is 3.98. The van der Waals surface area contributed by atoms with Gasteiger partial charge in [0, 0.05) is 32.4 Å². The molecule has 1 aliphatic rings. The number of H-pyrrole nitrogens is 2. The summed E-state index contributed by atoms with van der Waals surface area (Å²) in [4.78, 5) is 39.0. The van der Waals surface area contributed by atoms with Gasteiger partial charge in [-0.05, 0) is 31.2 Å². The molecule has 3 aromatic heterocycles. The van der Waals surface area contributed by atoms with Crippen molar-refractivity contribution in [3.8, 4) is 0 Å². The molecule has 0 atom stereocenters. The van der Waals surface area contributed by atoms with Crippen LogP contribution in [0.3, 0.4) is 0 Å². The van der Waals surface area contributed by atoms with Gasteiger partial charge in [0.1, 0.15) is 11.3 Å². The van der Waals surface area contributed by atoms with Crippen LogP contribution in [0.1, 0.15) is 16.2 Å². The van der Waals surface area contributed by atoms with Crippen molar-refractivity contribution in [2.75, 3.05) is 31.1 Å². The van der Waals surface area contributed by atoms with Crippen molar-refractivity contribution in [3.63, 3.8) is 0 Å². The zero-order chi connectivity index (χ0) is 19.3. The molecule has 0 saturated carbocycles. The topological polar surface area (TPSA) is 89.5 Å². The molecule has 0 bridgehead atoms. The molecule has 0 unspecified atom stereocenters. The van der Waals surface area contributed by atoms with E-state index in [9.17, 15) is 9.59 Å². The van der Waals surface area contributed by atoms with Crippen LogP contribution < -0.4 is 10.6 Å². The lowest BCUT2D eigenvalue weighted by molar-refractivity contribution is 0.0739. The number of anilines is 1. The number of amides is 1. The Kier molecular flexibility index (Phi) is 3.71. The van der Waals surface area contributed by atoms with Crippen molar-refractivity contribution in [3.05, 3.63) is 64.5 Å². The number of pyridine rings is 1. The van der Waals surface area contributed by atoms with Crippen molar-refractivity contribution in [1.82, 2.24) is 24.3 Å². The molecule has 2 N–H and O–H groups in total. The van der Waals surface area contributed by atoms with Gasteiger partial charge in [-0.3, -0.25) is 9.20 Å². The number of aryl methyl sites for hydroxylation is 1. The molecule has 5 rings (SSSR count). The number of carbonyl (C=O) groups excluding carboxylic acids is 1. The summed E-state index contributed by atoms with van der Waals surface area (Å²) in [7, 11) is 0. The molecule has 8 nitrogen and oxygen atoms in total. The minimum absolute atomic E-state index is 0.00381. The summed E-state index contributed by atoms with van der Waals surface area (Å²) >= 11 is 0. The largest absolute Gasteiger partial charge is 0.366 e. The first-order valence-corrected chi connectivity index (χ1v) is 9.31. The van der Waals surface area contributed by atoms with Crippen molar-refractivity contribution in [2.24, 2.45) is 0 Å². The van der Waals surface area contributed by atoms with Crippen LogP contribution in [0.4, 0.5) is 5.69 Å². The van der Waals surface area contributed by atoms with Crippen molar-refractivity contribution in [2.45, 2.75) is 6.92 Å². The van der Waals surface area contributed by atoms with Gasteiger partial charge in [-0.2, -0.15) is 0 Å². The highest BCUT2D eigenvalue weighted by molar-refractivity contribution is 5.95. The van der Waals surface area contributed by atoms with Gasteiger partial charge in [-0.15, -0.1) is 0 Å². The van der Waals surface area contributed by atoms with Gasteiger partial charge in [0.15, 0.2) is 0 Å². The standard InChI is InChI=1S/C20H20N6O2/c1-13-18(26-8-3-2-7-16(26)21-13)19(27)25-11-9-24(10-12-25)15-6-4-5-14-17(15)23-20(28)22-14/h2-8H,9-12H2,1H3,(H2,22,23,28). The number of aromatic amines is 2. The minimum atomic E-state index is -0.209. The highest BCUT2D eigenvalue weighted by Crippen LogP contribution is 2.25. The van der Waals surface area contributed by atoms with E-state index >= 15 is 0 Å². The number of rotatable bonds is 2. The molecule has 142 valence electrons. The second-order valence-electron chi connectivity index (χ2n) is 7.03. The second-order valence-corrected chi connectivity index (χ2v) is 7.03. The molecule has 0 aliphatic carbocycles. The molecular formula is C20H20N6O2. The van der Waals surface area contributed by atoms with Gasteiger partial charge in [-0.1, -0.05) is 12.1 Å². The van der Waals surface area contributed by atoms with Crippen molar-refractivity contribution in [1.29, 1.82) is 0 Å². The van der Waals surface area contributed by atoms with Gasteiger partial charge in [-0.25, -0.2) is 9.78 Å². The zero-order valence-corrected chi connectivity index (χ0v) is 15.5. The molecule has 0 radical (unpaired) electrons. The normalized spacial score (nSPS) is 14.9. The van der Waals surface area contributed by atoms with Gasteiger partial charge < -0.3 is 19.8 Å². The molecule has 8 heteroatoms. The SMILES string of the molecule is Cc1nc2ccccn2c1C(=O)N1CCN(c2cccc3[nH]c(=O)[nH]c23)CC1. The Labute approximate surface area is 160 Å². The van der Waals surface area contributed by atoms with Crippen LogP contribution >= 0.6 is 0 Å². The van der Waals surface area contributed by atoms with E-state index in [1.807, 2.05) is 58.8 Å². The Bertz CT molecular complexity index is 1240. The molecule has 28 heavy (non-hydrogen) atoms. The first-order chi connectivity index (χ1) is 13.6. The van der Waals surface area contributed by atoms with Crippen LogP contribution in [0.25, 0.3) is 16.7 Å². The van der Waals surface area contributed by atoms with E-state index in [2.05, 4.69) is 19.9 Å². The average molecular weight is 376 g/mol. The number of fused-ring (bicyclic) bond motifs is 2. The smallest absolute Gasteiger partial charge is 0.323 e. The summed E-state index contributed by atoms with van der Waals surface area (Å²) in [5.41, 5.74) is 4.53. The van der Waals surface area contributed by atoms with E-state index in [0.29, 0.717) is 31.9 Å². The Hall–Kier alpha value is -3.55. The number of carbonyl (C=O) groups is 1. The Morgan fingerprint density at radius 2 is 1.86 bits per heavy atom. The van der Waals surface area contributed by atoms with E-state index in [1.54, 1.807) is 0 Å². The van der Waals surface area contributed by atoms with Gasteiger partial charge in [0.2, 0.25) is 0 Å². The number of piperazine rings is 1. The van der Waals surface area contributed by atoms with Gasteiger partial charge in [0.25, 0.3) is 5.91 Å². The van der Waals surface area contributed by atoms with Crippen LogP contribution in [-0.4, -0.2) is 56.3 Å². The molecule has 4 heterocycles. The highest BCUT2D eigenvalue weighted by Gasteiger charge is 2.27. The van der Waals surface area contributed by atoms with Crippen LogP contribution in [0.5, 0.6) is 0 Å². The number of nitrogens with zero attached hydrogens (tertiary/aromatic N) is 4. The number of hydrogen-bond acceptors (Lipinski definition) is 4. The van der Waals surface area contributed by atoms with E-state index in [0.717, 1.165) is 28.1 Å². The van der Waals surface area contributed by atoms with Crippen LogP contribution in [0.15, 0.2) is 47.4 Å². The second kappa shape index (κ2) is 6.26. The fraction of sp³-hybridized carbons (Fsp3) is 0.250. The number of imidazole rings is 2. The number of para-hydroxylation sites is 1. The van der Waals surface area contributed by atoms with Gasteiger partial charge >= 0.3 is 5.69 Å². The van der Waals surface area contributed by atoms with Gasteiger partial charge in [0.05, 0.1) is 22.4 Å². The number of nitrogens with one attached hydrogen (secondary N) is 2. The lowest BCUT2D eigenvalue weighted by Crippen LogP contribution is -2.49. The van der Waals surface area contributed by atoms with E-state index in [1.165, 1.54) is 0 Å². The van der Waals surface area contributed by atoms with Crippen LogP contribution in [-0.2, 0) is 0 Å². The maximum absolute atomic E-state index is 13.1.